The van der Waals surface area contributed by atoms with Crippen LogP contribution in [0.5, 0.6) is 0 Å². The van der Waals surface area contributed by atoms with Crippen molar-refractivity contribution in [3.05, 3.63) is 126 Å². The molecule has 37 heavy (non-hydrogen) atoms. The van der Waals surface area contributed by atoms with Gasteiger partial charge in [-0.25, -0.2) is 9.37 Å². The van der Waals surface area contributed by atoms with Crippen LogP contribution in [0.2, 0.25) is 0 Å². The summed E-state index contributed by atoms with van der Waals surface area (Å²) in [4.78, 5) is 20.9. The number of nitrogens with one attached hydrogen (secondary N) is 2. The molecule has 5 rings (SSSR count). The zero-order valence-electron chi connectivity index (χ0n) is 19.8. The van der Waals surface area contributed by atoms with Crippen molar-refractivity contribution >= 4 is 34.1 Å². The normalized spacial score (nSPS) is 12.6. The molecule has 2 heterocycles. The van der Waals surface area contributed by atoms with Crippen LogP contribution in [0.15, 0.2) is 103 Å². The van der Waals surface area contributed by atoms with E-state index in [9.17, 15) is 4.79 Å². The van der Waals surface area contributed by atoms with Crippen LogP contribution in [0.1, 0.15) is 33.6 Å². The maximum atomic E-state index is 15.3. The minimum Gasteiger partial charge on any atom is -0.365 e. The number of pyridine rings is 2. The van der Waals surface area contributed by atoms with Crippen molar-refractivity contribution in [1.29, 1.82) is 0 Å². The minimum absolute atomic E-state index is 0.0633. The maximum Gasteiger partial charge on any atom is 0.252 e. The number of aromatic nitrogens is 2. The van der Waals surface area contributed by atoms with Crippen molar-refractivity contribution in [3.63, 3.8) is 0 Å². The van der Waals surface area contributed by atoms with Crippen LogP contribution in [-0.4, -0.2) is 15.9 Å². The molecule has 2 aromatic heterocycles. The predicted octanol–water partition coefficient (Wildman–Crippen LogP) is 5.46. The molecule has 0 spiro atoms. The fourth-order valence-corrected chi connectivity index (χ4v) is 4.21. The summed E-state index contributed by atoms with van der Waals surface area (Å²) in [5.41, 5.74) is 15.2. The van der Waals surface area contributed by atoms with Gasteiger partial charge in [-0.15, -0.1) is 0 Å². The Labute approximate surface area is 213 Å². The smallest absolute Gasteiger partial charge is 0.252 e. The van der Waals surface area contributed by atoms with Crippen molar-refractivity contribution in [3.8, 4) is 0 Å². The fraction of sp³-hybridized carbons (Fsp3) is 0.0690. The highest BCUT2D eigenvalue weighted by atomic mass is 19.1. The lowest BCUT2D eigenvalue weighted by Crippen LogP contribution is -2.27. The summed E-state index contributed by atoms with van der Waals surface area (Å²) in [5.74, 6) is -1.47. The molecule has 0 bridgehead atoms. The van der Waals surface area contributed by atoms with Crippen LogP contribution in [0.25, 0.3) is 10.9 Å². The highest BCUT2D eigenvalue weighted by molar-refractivity contribution is 5.99. The summed E-state index contributed by atoms with van der Waals surface area (Å²) >= 11 is 0. The molecule has 0 saturated carbocycles. The Balaban J connectivity index is 1.53. The number of carbonyl (C=O) groups is 1. The third-order valence-corrected chi connectivity index (χ3v) is 6.10. The first-order valence-electron chi connectivity index (χ1n) is 11.7. The van der Waals surface area contributed by atoms with E-state index in [1.807, 2.05) is 91.0 Å². The summed E-state index contributed by atoms with van der Waals surface area (Å²) in [6.07, 6.45) is 1.69. The van der Waals surface area contributed by atoms with E-state index < -0.39 is 23.8 Å². The third-order valence-electron chi connectivity index (χ3n) is 6.10. The Hall–Kier alpha value is -4.82. The molecular formula is C29H25FN6O. The Morgan fingerprint density at radius 2 is 1.54 bits per heavy atom. The molecular weight excluding hydrogens is 467 g/mol. The molecule has 0 fully saturated rings. The second-order valence-electron chi connectivity index (χ2n) is 8.58. The van der Waals surface area contributed by atoms with Crippen molar-refractivity contribution in [2.45, 2.75) is 12.1 Å². The SMILES string of the molecule is NC(=O)c1cc(F)c(N[C@@H](c2ccccc2)[C@@H](N)c2ccccc2)nc1Nc1ccc2cccnc2c1. The molecule has 0 aliphatic rings. The van der Waals surface area contributed by atoms with Gasteiger partial charge in [0.15, 0.2) is 11.6 Å². The summed E-state index contributed by atoms with van der Waals surface area (Å²) in [5, 5.41) is 7.22. The number of nitrogens with zero attached hydrogens (tertiary/aromatic N) is 2. The van der Waals surface area contributed by atoms with Crippen LogP contribution >= 0.6 is 0 Å². The number of carbonyl (C=O) groups excluding carboxylic acids is 1. The van der Waals surface area contributed by atoms with Gasteiger partial charge in [0.25, 0.3) is 5.91 Å². The van der Waals surface area contributed by atoms with Crippen LogP contribution < -0.4 is 22.1 Å². The molecule has 0 saturated heterocycles. The van der Waals surface area contributed by atoms with Crippen LogP contribution in [0, 0.1) is 5.82 Å². The first-order chi connectivity index (χ1) is 18.0. The lowest BCUT2D eigenvalue weighted by Gasteiger charge is -2.27. The number of halogens is 1. The topological polar surface area (TPSA) is 119 Å². The van der Waals surface area contributed by atoms with E-state index in [0.717, 1.165) is 28.1 Å². The predicted molar refractivity (Wildman–Crippen MR) is 144 cm³/mol. The van der Waals surface area contributed by atoms with Crippen LogP contribution in [0.3, 0.4) is 0 Å². The summed E-state index contributed by atoms with van der Waals surface area (Å²) < 4.78 is 15.3. The molecule has 0 unspecified atom stereocenters. The van der Waals surface area contributed by atoms with Gasteiger partial charge in [-0.2, -0.15) is 0 Å². The number of rotatable bonds is 8. The molecule has 0 aliphatic heterocycles. The molecule has 6 N–H and O–H groups in total. The van der Waals surface area contributed by atoms with Crippen molar-refractivity contribution in [1.82, 2.24) is 9.97 Å². The van der Waals surface area contributed by atoms with E-state index in [1.165, 1.54) is 0 Å². The number of hydrogen-bond acceptors (Lipinski definition) is 6. The van der Waals surface area contributed by atoms with E-state index in [-0.39, 0.29) is 17.2 Å². The number of amides is 1. The Kier molecular flexibility index (Phi) is 6.74. The minimum atomic E-state index is -0.806. The molecule has 8 heteroatoms. The standard InChI is InChI=1S/C29H25FN6O/c30-23-17-22(27(32)37)28(34-21-14-13-18-12-7-15-33-24(18)16-21)36-29(23)35-26(20-10-5-2-6-11-20)25(31)19-8-3-1-4-9-19/h1-17,25-26H,31H2,(H2,32,37)(H2,34,35,36)/t25-,26-/m0/s1. The van der Waals surface area contributed by atoms with Crippen LogP contribution in [0.4, 0.5) is 21.7 Å². The molecule has 0 aliphatic carbocycles. The summed E-state index contributed by atoms with van der Waals surface area (Å²) in [7, 11) is 0. The van der Waals surface area contributed by atoms with E-state index in [0.29, 0.717) is 5.69 Å². The van der Waals surface area contributed by atoms with E-state index in [2.05, 4.69) is 20.6 Å². The lowest BCUT2D eigenvalue weighted by molar-refractivity contribution is 0.100. The highest BCUT2D eigenvalue weighted by Crippen LogP contribution is 2.32. The Morgan fingerprint density at radius 3 is 2.24 bits per heavy atom. The molecule has 184 valence electrons. The Bertz CT molecular complexity index is 1540. The second kappa shape index (κ2) is 10.4. The van der Waals surface area contributed by atoms with Gasteiger partial charge in [0.1, 0.15) is 5.82 Å². The van der Waals surface area contributed by atoms with E-state index >= 15 is 4.39 Å². The van der Waals surface area contributed by atoms with Gasteiger partial charge in [0.2, 0.25) is 0 Å². The number of anilines is 3. The molecule has 1 amide bonds. The third kappa shape index (κ3) is 5.24. The molecule has 2 atom stereocenters. The largest absolute Gasteiger partial charge is 0.365 e. The van der Waals surface area contributed by atoms with E-state index in [4.69, 9.17) is 11.5 Å². The average Bonchev–Trinajstić information content (AvgIpc) is 2.93. The number of nitrogens with two attached hydrogens (primary N) is 2. The average molecular weight is 493 g/mol. The monoisotopic (exact) mass is 492 g/mol. The van der Waals surface area contributed by atoms with Crippen molar-refractivity contribution < 1.29 is 9.18 Å². The number of hydrogen-bond donors (Lipinski definition) is 4. The summed E-state index contributed by atoms with van der Waals surface area (Å²) in [6, 6.07) is 28.4. The van der Waals surface area contributed by atoms with Crippen molar-refractivity contribution in [2.75, 3.05) is 10.6 Å². The first kappa shape index (κ1) is 23.9. The maximum absolute atomic E-state index is 15.3. The quantitative estimate of drug-likeness (QED) is 0.228. The highest BCUT2D eigenvalue weighted by Gasteiger charge is 2.25. The summed E-state index contributed by atoms with van der Waals surface area (Å²) in [6.45, 7) is 0. The van der Waals surface area contributed by atoms with Gasteiger partial charge in [0.05, 0.1) is 23.2 Å². The van der Waals surface area contributed by atoms with Gasteiger partial charge in [-0.1, -0.05) is 72.8 Å². The second-order valence-corrected chi connectivity index (χ2v) is 8.58. The molecule has 0 radical (unpaired) electrons. The van der Waals surface area contributed by atoms with Crippen molar-refractivity contribution in [2.24, 2.45) is 11.5 Å². The zero-order valence-corrected chi connectivity index (χ0v) is 19.8. The van der Waals surface area contributed by atoms with Gasteiger partial charge in [0, 0.05) is 17.3 Å². The van der Waals surface area contributed by atoms with Crippen LogP contribution in [-0.2, 0) is 0 Å². The fourth-order valence-electron chi connectivity index (χ4n) is 4.21. The van der Waals surface area contributed by atoms with Gasteiger partial charge in [-0.05, 0) is 35.4 Å². The zero-order chi connectivity index (χ0) is 25.8. The number of benzene rings is 3. The number of primary amides is 1. The first-order valence-corrected chi connectivity index (χ1v) is 11.7. The number of fused-ring (bicyclic) bond motifs is 1. The van der Waals surface area contributed by atoms with E-state index in [1.54, 1.807) is 6.20 Å². The molecule has 5 aromatic rings. The molecule has 7 nitrogen and oxygen atoms in total. The van der Waals surface area contributed by atoms with Gasteiger partial charge >= 0.3 is 0 Å². The Morgan fingerprint density at radius 1 is 0.838 bits per heavy atom. The van der Waals surface area contributed by atoms with Gasteiger partial charge in [-0.3, -0.25) is 9.78 Å². The lowest BCUT2D eigenvalue weighted by atomic mass is 9.94. The van der Waals surface area contributed by atoms with Gasteiger partial charge < -0.3 is 22.1 Å². The molecule has 3 aromatic carbocycles.